The highest BCUT2D eigenvalue weighted by Crippen LogP contribution is 2.24. The highest BCUT2D eigenvalue weighted by Gasteiger charge is 2.38. The van der Waals surface area contributed by atoms with Crippen molar-refractivity contribution in [1.29, 1.82) is 0 Å². The van der Waals surface area contributed by atoms with Crippen molar-refractivity contribution in [2.75, 3.05) is 52.9 Å². The number of aryl methyl sites for hydroxylation is 2. The molecule has 5 heterocycles. The number of rotatable bonds is 4. The van der Waals surface area contributed by atoms with Crippen LogP contribution in [-0.4, -0.2) is 120 Å². The minimum atomic E-state index is -0.537. The Morgan fingerprint density at radius 3 is 2.40 bits per heavy atom. The number of ether oxygens (including phenoxy) is 2. The molecule has 7 rings (SSSR count). The van der Waals surface area contributed by atoms with Gasteiger partial charge >= 0.3 is 0 Å². The summed E-state index contributed by atoms with van der Waals surface area (Å²) in [7, 11) is 2.01. The van der Waals surface area contributed by atoms with E-state index in [0.717, 1.165) is 29.9 Å². The number of nitrogens with zero attached hydrogens (tertiary/aromatic N) is 4. The van der Waals surface area contributed by atoms with Gasteiger partial charge in [0.05, 0.1) is 18.3 Å². The van der Waals surface area contributed by atoms with E-state index in [9.17, 15) is 19.2 Å². The fourth-order valence-electron chi connectivity index (χ4n) is 6.13. The summed E-state index contributed by atoms with van der Waals surface area (Å²) in [5.74, 6) is 0.423. The second-order valence-electron chi connectivity index (χ2n) is 12.5. The number of likely N-dealkylation sites (tertiary alicyclic amines) is 1. The second kappa shape index (κ2) is 16.3. The molecule has 2 atom stereocenters. The average Bonchev–Trinajstić information content (AvgIpc) is 3.66. The van der Waals surface area contributed by atoms with Gasteiger partial charge in [-0.1, -0.05) is 17.3 Å². The number of aromatic nitrogens is 1. The lowest BCUT2D eigenvalue weighted by atomic mass is 10.1. The van der Waals surface area contributed by atoms with E-state index in [-0.39, 0.29) is 68.2 Å². The molecule has 0 aliphatic carbocycles. The molecule has 3 aromatic rings. The van der Waals surface area contributed by atoms with E-state index in [4.69, 9.17) is 23.9 Å². The number of nitrogens with one attached hydrogen (secondary N) is 2. The lowest BCUT2D eigenvalue weighted by Gasteiger charge is -2.32. The van der Waals surface area contributed by atoms with Crippen LogP contribution < -0.4 is 20.1 Å². The number of fused-ring (bicyclic) bond motifs is 7. The van der Waals surface area contributed by atoms with Crippen LogP contribution in [0.1, 0.15) is 49.7 Å². The molecule has 0 spiro atoms. The molecule has 2 saturated heterocycles. The SMILES string of the molecule is Cc1noc(C)c1CCC(=O)N1C[C@@H]2NC(=O)c3cc(cc(C(=O)N4CCN(C)CC4)c3)OCC(=O)NCc3ccc(cc3)O[C@H]2C1.O=CO. The summed E-state index contributed by atoms with van der Waals surface area (Å²) in [6, 6.07) is 11.4. The molecule has 4 bridgehead atoms. The van der Waals surface area contributed by atoms with Crippen molar-refractivity contribution >= 4 is 30.1 Å². The van der Waals surface area contributed by atoms with Gasteiger partial charge in [-0.25, -0.2) is 0 Å². The summed E-state index contributed by atoms with van der Waals surface area (Å²) in [6.07, 6.45) is 0.219. The standard InChI is InChI=1S/C34H40N6O7.CH2O2/c1-21-28(22(2)47-37-21)8-9-32(42)40-18-29-30(19-40)46-26-6-4-23(5-7-26)17-35-31(41)20-45-27-15-24(33(43)36-29)14-25(16-27)34(44)39-12-10-38(3)11-13-39;2-1-3/h4-7,14-16,29-30H,8-13,17-20H2,1-3H3,(H,35,41)(H,36,43);1H,(H,2,3)/t29-,30-;/m0./s1. The zero-order valence-corrected chi connectivity index (χ0v) is 28.3. The van der Waals surface area contributed by atoms with Crippen molar-refractivity contribution in [2.45, 2.75) is 45.4 Å². The smallest absolute Gasteiger partial charge is 0.290 e. The summed E-state index contributed by atoms with van der Waals surface area (Å²) in [6.45, 7) is 6.57. The zero-order chi connectivity index (χ0) is 35.8. The van der Waals surface area contributed by atoms with Crippen molar-refractivity contribution in [3.05, 3.63) is 76.2 Å². The Hall–Kier alpha value is -5.44. The summed E-state index contributed by atoms with van der Waals surface area (Å²) in [4.78, 5) is 67.3. The molecule has 15 heteroatoms. The highest BCUT2D eigenvalue weighted by atomic mass is 16.5. The third kappa shape index (κ3) is 8.96. The number of hydrogen-bond donors (Lipinski definition) is 3. The van der Waals surface area contributed by atoms with Crippen molar-refractivity contribution in [3.63, 3.8) is 0 Å². The first-order valence-electron chi connectivity index (χ1n) is 16.4. The van der Waals surface area contributed by atoms with Gasteiger partial charge in [0.15, 0.2) is 6.61 Å². The van der Waals surface area contributed by atoms with E-state index in [1.165, 1.54) is 6.07 Å². The maximum absolute atomic E-state index is 13.8. The molecule has 0 radical (unpaired) electrons. The molecule has 4 amide bonds. The van der Waals surface area contributed by atoms with E-state index < -0.39 is 18.1 Å². The van der Waals surface area contributed by atoms with Crippen molar-refractivity contribution in [3.8, 4) is 11.5 Å². The maximum atomic E-state index is 13.8. The van der Waals surface area contributed by atoms with Gasteiger partial charge in [-0.05, 0) is 63.2 Å². The van der Waals surface area contributed by atoms with Gasteiger partial charge in [-0.3, -0.25) is 24.0 Å². The van der Waals surface area contributed by atoms with Gasteiger partial charge in [0, 0.05) is 62.4 Å². The van der Waals surface area contributed by atoms with Crippen LogP contribution in [0.15, 0.2) is 47.0 Å². The normalized spacial score (nSPS) is 19.5. The number of carboxylic acid groups (broad SMARTS) is 1. The van der Waals surface area contributed by atoms with Crippen molar-refractivity contribution in [2.24, 2.45) is 0 Å². The van der Waals surface area contributed by atoms with Crippen LogP contribution in [0.5, 0.6) is 11.5 Å². The Balaban J connectivity index is 0.00000156. The van der Waals surface area contributed by atoms with Crippen LogP contribution in [0.4, 0.5) is 0 Å². The Labute approximate surface area is 289 Å². The van der Waals surface area contributed by atoms with Gasteiger partial charge in [0.1, 0.15) is 23.4 Å². The molecule has 4 aliphatic heterocycles. The van der Waals surface area contributed by atoms with Crippen LogP contribution in [-0.2, 0) is 27.3 Å². The van der Waals surface area contributed by atoms with E-state index in [1.54, 1.807) is 34.1 Å². The zero-order valence-electron chi connectivity index (χ0n) is 28.3. The predicted molar refractivity (Wildman–Crippen MR) is 179 cm³/mol. The first-order chi connectivity index (χ1) is 24.0. The van der Waals surface area contributed by atoms with Gasteiger partial charge in [-0.2, -0.15) is 0 Å². The molecule has 1 aromatic heterocycles. The minimum absolute atomic E-state index is 0.0703. The second-order valence-corrected chi connectivity index (χ2v) is 12.5. The number of carbonyl (C=O) groups excluding carboxylic acids is 4. The Morgan fingerprint density at radius 1 is 1.00 bits per heavy atom. The number of likely N-dealkylation sites (N-methyl/N-ethyl adjacent to an activating group) is 1. The van der Waals surface area contributed by atoms with Gasteiger partial charge in [-0.15, -0.1) is 0 Å². The molecule has 266 valence electrons. The fraction of sp³-hybridized carbons (Fsp3) is 0.429. The Morgan fingerprint density at radius 2 is 1.72 bits per heavy atom. The lowest BCUT2D eigenvalue weighted by molar-refractivity contribution is -0.130. The summed E-state index contributed by atoms with van der Waals surface area (Å²) in [5.41, 5.74) is 3.05. The maximum Gasteiger partial charge on any atom is 0.290 e. The number of carbonyl (C=O) groups is 5. The molecule has 2 fully saturated rings. The van der Waals surface area contributed by atoms with Gasteiger partial charge in [0.25, 0.3) is 24.2 Å². The quantitative estimate of drug-likeness (QED) is 0.337. The van der Waals surface area contributed by atoms with Crippen molar-refractivity contribution < 1.29 is 43.1 Å². The molecule has 2 aromatic carbocycles. The first kappa shape index (κ1) is 35.9. The molecule has 4 aliphatic rings. The fourth-order valence-corrected chi connectivity index (χ4v) is 6.13. The Bertz CT molecular complexity index is 1680. The van der Waals surface area contributed by atoms with Crippen LogP contribution in [0.2, 0.25) is 0 Å². The first-order valence-corrected chi connectivity index (χ1v) is 16.4. The van der Waals surface area contributed by atoms with Gasteiger partial charge < -0.3 is 44.4 Å². The number of piperazine rings is 1. The molecular formula is C35H42N6O9. The highest BCUT2D eigenvalue weighted by molar-refractivity contribution is 6.00. The largest absolute Gasteiger partial charge is 0.486 e. The molecule has 0 unspecified atom stereocenters. The summed E-state index contributed by atoms with van der Waals surface area (Å²) < 4.78 is 17.4. The average molecular weight is 691 g/mol. The molecule has 3 N–H and O–H groups in total. The van der Waals surface area contributed by atoms with Crippen LogP contribution in [0.3, 0.4) is 0 Å². The monoisotopic (exact) mass is 690 g/mol. The summed E-state index contributed by atoms with van der Waals surface area (Å²) >= 11 is 0. The molecular weight excluding hydrogens is 648 g/mol. The number of hydrogen-bond acceptors (Lipinski definition) is 10. The third-order valence-electron chi connectivity index (χ3n) is 8.98. The molecule has 50 heavy (non-hydrogen) atoms. The summed E-state index contributed by atoms with van der Waals surface area (Å²) in [5, 5.41) is 16.8. The van der Waals surface area contributed by atoms with Crippen LogP contribution >= 0.6 is 0 Å². The molecule has 0 saturated carbocycles. The number of amides is 4. The van der Waals surface area contributed by atoms with E-state index in [2.05, 4.69) is 20.7 Å². The topological polar surface area (TPSA) is 184 Å². The van der Waals surface area contributed by atoms with E-state index >= 15 is 0 Å². The Kier molecular flexibility index (Phi) is 11.7. The minimum Gasteiger partial charge on any atom is -0.486 e. The van der Waals surface area contributed by atoms with E-state index in [1.807, 2.05) is 33.0 Å². The molecule has 15 nitrogen and oxygen atoms in total. The van der Waals surface area contributed by atoms with Crippen LogP contribution in [0.25, 0.3) is 0 Å². The van der Waals surface area contributed by atoms with Crippen molar-refractivity contribution in [1.82, 2.24) is 30.5 Å². The predicted octanol–water partition coefficient (Wildman–Crippen LogP) is 1.41. The van der Waals surface area contributed by atoms with Gasteiger partial charge in [0.2, 0.25) is 5.91 Å². The third-order valence-corrected chi connectivity index (χ3v) is 8.98. The van der Waals surface area contributed by atoms with E-state index in [0.29, 0.717) is 36.6 Å². The number of benzene rings is 2. The lowest BCUT2D eigenvalue weighted by Crippen LogP contribution is -2.47. The van der Waals surface area contributed by atoms with Crippen LogP contribution in [0, 0.1) is 13.8 Å².